The summed E-state index contributed by atoms with van der Waals surface area (Å²) < 4.78 is 4.65. The SMILES string of the molecule is COC(=O)CCc1cncc(N2CCCCC2)c1. The number of rotatable bonds is 4. The van der Waals surface area contributed by atoms with Gasteiger partial charge in [-0.2, -0.15) is 0 Å². The van der Waals surface area contributed by atoms with Crippen molar-refractivity contribution >= 4 is 11.7 Å². The lowest BCUT2D eigenvalue weighted by Crippen LogP contribution is -2.29. The number of piperidine rings is 1. The van der Waals surface area contributed by atoms with Crippen LogP contribution in [0.15, 0.2) is 18.5 Å². The normalized spacial score (nSPS) is 15.5. The molecule has 4 heteroatoms. The van der Waals surface area contributed by atoms with Crippen molar-refractivity contribution in [3.05, 3.63) is 24.0 Å². The Morgan fingerprint density at radius 1 is 1.33 bits per heavy atom. The fourth-order valence-electron chi connectivity index (χ4n) is 2.28. The van der Waals surface area contributed by atoms with Crippen LogP contribution in [0.2, 0.25) is 0 Å². The number of esters is 1. The van der Waals surface area contributed by atoms with Gasteiger partial charge in [0.05, 0.1) is 19.0 Å². The molecule has 0 bridgehead atoms. The number of ether oxygens (including phenoxy) is 1. The van der Waals surface area contributed by atoms with Crippen molar-refractivity contribution in [1.29, 1.82) is 0 Å². The number of methoxy groups -OCH3 is 1. The molecule has 18 heavy (non-hydrogen) atoms. The van der Waals surface area contributed by atoms with E-state index >= 15 is 0 Å². The summed E-state index contributed by atoms with van der Waals surface area (Å²) in [5.74, 6) is -0.168. The summed E-state index contributed by atoms with van der Waals surface area (Å²) >= 11 is 0. The third-order valence-corrected chi connectivity index (χ3v) is 3.35. The monoisotopic (exact) mass is 248 g/mol. The number of carbonyl (C=O) groups is 1. The minimum Gasteiger partial charge on any atom is -0.469 e. The summed E-state index contributed by atoms with van der Waals surface area (Å²) in [6.07, 6.45) is 8.69. The molecule has 2 heterocycles. The van der Waals surface area contributed by atoms with Crippen LogP contribution in [0.25, 0.3) is 0 Å². The molecule has 0 spiro atoms. The van der Waals surface area contributed by atoms with Crippen LogP contribution >= 0.6 is 0 Å². The van der Waals surface area contributed by atoms with Gasteiger partial charge in [0.15, 0.2) is 0 Å². The molecule has 0 aliphatic carbocycles. The van der Waals surface area contributed by atoms with Crippen molar-refractivity contribution in [3.63, 3.8) is 0 Å². The Bertz CT molecular complexity index is 401. The lowest BCUT2D eigenvalue weighted by molar-refractivity contribution is -0.140. The number of aryl methyl sites for hydroxylation is 1. The number of nitrogens with zero attached hydrogens (tertiary/aromatic N) is 2. The summed E-state index contributed by atoms with van der Waals surface area (Å²) in [7, 11) is 1.42. The minimum atomic E-state index is -0.168. The van der Waals surface area contributed by atoms with Crippen LogP contribution in [0, 0.1) is 0 Å². The number of carbonyl (C=O) groups excluding carboxylic acids is 1. The number of hydrogen-bond acceptors (Lipinski definition) is 4. The van der Waals surface area contributed by atoms with Crippen LogP contribution in [-0.2, 0) is 16.0 Å². The average Bonchev–Trinajstić information content (AvgIpc) is 2.46. The molecule has 0 unspecified atom stereocenters. The van der Waals surface area contributed by atoms with E-state index in [0.717, 1.165) is 18.7 Å². The van der Waals surface area contributed by atoms with E-state index in [9.17, 15) is 4.79 Å². The Morgan fingerprint density at radius 2 is 2.11 bits per heavy atom. The lowest BCUT2D eigenvalue weighted by atomic mass is 10.1. The van der Waals surface area contributed by atoms with Crippen LogP contribution in [0.4, 0.5) is 5.69 Å². The van der Waals surface area contributed by atoms with Gasteiger partial charge >= 0.3 is 5.97 Å². The highest BCUT2D eigenvalue weighted by molar-refractivity contribution is 5.69. The van der Waals surface area contributed by atoms with Crippen LogP contribution in [0.3, 0.4) is 0 Å². The molecule has 2 rings (SSSR count). The lowest BCUT2D eigenvalue weighted by Gasteiger charge is -2.28. The molecule has 98 valence electrons. The summed E-state index contributed by atoms with van der Waals surface area (Å²) in [6.45, 7) is 2.23. The molecule has 0 atom stereocenters. The Balaban J connectivity index is 1.98. The third kappa shape index (κ3) is 3.45. The highest BCUT2D eigenvalue weighted by atomic mass is 16.5. The summed E-state index contributed by atoms with van der Waals surface area (Å²) in [4.78, 5) is 17.8. The van der Waals surface area contributed by atoms with Crippen LogP contribution in [0.1, 0.15) is 31.2 Å². The highest BCUT2D eigenvalue weighted by Crippen LogP contribution is 2.20. The zero-order valence-corrected chi connectivity index (χ0v) is 10.9. The molecule has 4 nitrogen and oxygen atoms in total. The molecule has 0 N–H and O–H groups in total. The van der Waals surface area contributed by atoms with E-state index in [4.69, 9.17) is 0 Å². The second-order valence-electron chi connectivity index (χ2n) is 4.68. The van der Waals surface area contributed by atoms with Gasteiger partial charge in [-0.1, -0.05) is 0 Å². The smallest absolute Gasteiger partial charge is 0.305 e. The van der Waals surface area contributed by atoms with Crippen molar-refractivity contribution in [2.45, 2.75) is 32.1 Å². The number of anilines is 1. The predicted molar refractivity (Wildman–Crippen MR) is 70.6 cm³/mol. The molecule has 1 aliphatic heterocycles. The van der Waals surface area contributed by atoms with Crippen molar-refractivity contribution in [1.82, 2.24) is 4.98 Å². The molecule has 1 saturated heterocycles. The van der Waals surface area contributed by atoms with Gasteiger partial charge in [-0.25, -0.2) is 0 Å². The first-order valence-electron chi connectivity index (χ1n) is 6.55. The van der Waals surface area contributed by atoms with E-state index < -0.39 is 0 Å². The number of aromatic nitrogens is 1. The molecular weight excluding hydrogens is 228 g/mol. The van der Waals surface area contributed by atoms with Crippen LogP contribution in [-0.4, -0.2) is 31.2 Å². The molecule has 1 aliphatic rings. The van der Waals surface area contributed by atoms with E-state index in [-0.39, 0.29) is 5.97 Å². The third-order valence-electron chi connectivity index (χ3n) is 3.35. The van der Waals surface area contributed by atoms with E-state index in [1.807, 2.05) is 12.4 Å². The summed E-state index contributed by atoms with van der Waals surface area (Å²) in [6, 6.07) is 2.14. The minimum absolute atomic E-state index is 0.168. The van der Waals surface area contributed by atoms with Gasteiger partial charge in [-0.05, 0) is 37.3 Å². The predicted octanol–water partition coefficient (Wildman–Crippen LogP) is 2.18. The molecule has 1 aromatic heterocycles. The second-order valence-corrected chi connectivity index (χ2v) is 4.68. The van der Waals surface area contributed by atoms with Crippen molar-refractivity contribution in [3.8, 4) is 0 Å². The van der Waals surface area contributed by atoms with Gasteiger partial charge in [-0.3, -0.25) is 9.78 Å². The molecule has 1 fully saturated rings. The van der Waals surface area contributed by atoms with Crippen molar-refractivity contribution in [2.24, 2.45) is 0 Å². The van der Waals surface area contributed by atoms with Crippen molar-refractivity contribution < 1.29 is 9.53 Å². The Kier molecular flexibility index (Phi) is 4.56. The summed E-state index contributed by atoms with van der Waals surface area (Å²) in [5, 5.41) is 0. The second kappa shape index (κ2) is 6.38. The number of pyridine rings is 1. The maximum absolute atomic E-state index is 11.1. The molecule has 0 saturated carbocycles. The van der Waals surface area contributed by atoms with Gasteiger partial charge in [-0.15, -0.1) is 0 Å². The maximum Gasteiger partial charge on any atom is 0.305 e. The number of hydrogen-bond donors (Lipinski definition) is 0. The maximum atomic E-state index is 11.1. The van der Waals surface area contributed by atoms with E-state index in [0.29, 0.717) is 12.8 Å². The zero-order valence-electron chi connectivity index (χ0n) is 10.9. The Labute approximate surface area is 108 Å². The van der Waals surface area contributed by atoms with E-state index in [2.05, 4.69) is 20.7 Å². The topological polar surface area (TPSA) is 42.4 Å². The summed E-state index contributed by atoms with van der Waals surface area (Å²) in [5.41, 5.74) is 2.28. The zero-order chi connectivity index (χ0) is 12.8. The molecular formula is C14H20N2O2. The van der Waals surface area contributed by atoms with Gasteiger partial charge in [0, 0.05) is 25.7 Å². The standard InChI is InChI=1S/C14H20N2O2/c1-18-14(17)6-5-12-9-13(11-15-10-12)16-7-3-2-4-8-16/h9-11H,2-8H2,1H3. The molecule has 1 aromatic rings. The van der Waals surface area contributed by atoms with Gasteiger partial charge in [0.2, 0.25) is 0 Å². The molecule has 0 radical (unpaired) electrons. The average molecular weight is 248 g/mol. The van der Waals surface area contributed by atoms with Gasteiger partial charge in [0.1, 0.15) is 0 Å². The van der Waals surface area contributed by atoms with Crippen LogP contribution < -0.4 is 4.90 Å². The Hall–Kier alpha value is -1.58. The molecule has 0 aromatic carbocycles. The first-order valence-corrected chi connectivity index (χ1v) is 6.55. The first kappa shape index (κ1) is 12.9. The largest absolute Gasteiger partial charge is 0.469 e. The Morgan fingerprint density at radius 3 is 2.83 bits per heavy atom. The van der Waals surface area contributed by atoms with Crippen LogP contribution in [0.5, 0.6) is 0 Å². The van der Waals surface area contributed by atoms with E-state index in [1.165, 1.54) is 32.1 Å². The fourth-order valence-corrected chi connectivity index (χ4v) is 2.28. The van der Waals surface area contributed by atoms with Gasteiger partial charge < -0.3 is 9.64 Å². The quantitative estimate of drug-likeness (QED) is 0.766. The molecule has 0 amide bonds. The van der Waals surface area contributed by atoms with E-state index in [1.54, 1.807) is 0 Å². The van der Waals surface area contributed by atoms with Gasteiger partial charge in [0.25, 0.3) is 0 Å². The highest BCUT2D eigenvalue weighted by Gasteiger charge is 2.11. The fraction of sp³-hybridized carbons (Fsp3) is 0.571. The van der Waals surface area contributed by atoms with Crippen molar-refractivity contribution in [2.75, 3.05) is 25.1 Å². The first-order chi connectivity index (χ1) is 8.79.